The first-order valence-electron chi connectivity index (χ1n) is 6.68. The van der Waals surface area contributed by atoms with Crippen molar-refractivity contribution in [2.45, 2.75) is 38.4 Å². The van der Waals surface area contributed by atoms with Gasteiger partial charge in [0.2, 0.25) is 0 Å². The summed E-state index contributed by atoms with van der Waals surface area (Å²) in [6.07, 6.45) is 3.96. The molecule has 1 aromatic carbocycles. The summed E-state index contributed by atoms with van der Waals surface area (Å²) in [7, 11) is 0. The lowest BCUT2D eigenvalue weighted by atomic mass is 9.98. The van der Waals surface area contributed by atoms with Crippen molar-refractivity contribution in [3.8, 4) is 5.75 Å². The molecule has 90 valence electrons. The number of piperidine rings is 1. The predicted octanol–water partition coefficient (Wildman–Crippen LogP) is 2.04. The van der Waals surface area contributed by atoms with Crippen LogP contribution in [-0.2, 0) is 13.1 Å². The third-order valence-electron chi connectivity index (χ3n) is 4.28. The average Bonchev–Trinajstić information content (AvgIpc) is 2.83. The molecule has 3 aliphatic heterocycles. The van der Waals surface area contributed by atoms with Crippen molar-refractivity contribution in [1.29, 1.82) is 0 Å². The summed E-state index contributed by atoms with van der Waals surface area (Å²) < 4.78 is 5.95. The maximum Gasteiger partial charge on any atom is 0.143 e. The first-order chi connectivity index (χ1) is 8.42. The Morgan fingerprint density at radius 3 is 3.00 bits per heavy atom. The standard InChI is InChI=1S/C14H18N2O/c1-2-4-16-12(3-1)9-17-14-6-11-8-15-7-10(11)5-13(14)16/h5-6,12,15H,1-4,7-9H2. The summed E-state index contributed by atoms with van der Waals surface area (Å²) in [5.41, 5.74) is 4.21. The van der Waals surface area contributed by atoms with E-state index in [9.17, 15) is 0 Å². The molecule has 0 aliphatic carbocycles. The lowest BCUT2D eigenvalue weighted by Gasteiger charge is -2.42. The van der Waals surface area contributed by atoms with E-state index in [0.29, 0.717) is 6.04 Å². The Morgan fingerprint density at radius 2 is 2.06 bits per heavy atom. The summed E-state index contributed by atoms with van der Waals surface area (Å²) in [5.74, 6) is 1.10. The van der Waals surface area contributed by atoms with Gasteiger partial charge in [0.15, 0.2) is 0 Å². The third kappa shape index (κ3) is 1.45. The Balaban J connectivity index is 1.79. The number of hydrogen-bond donors (Lipinski definition) is 1. The van der Waals surface area contributed by atoms with Crippen LogP contribution in [0.3, 0.4) is 0 Å². The average molecular weight is 230 g/mol. The van der Waals surface area contributed by atoms with Crippen LogP contribution < -0.4 is 15.0 Å². The Labute approximate surface area is 102 Å². The maximum absolute atomic E-state index is 5.95. The molecule has 0 amide bonds. The highest BCUT2D eigenvalue weighted by atomic mass is 16.5. The summed E-state index contributed by atoms with van der Waals surface area (Å²) in [6, 6.07) is 5.21. The zero-order chi connectivity index (χ0) is 11.2. The Hall–Kier alpha value is -1.22. The molecular formula is C14H18N2O. The number of rotatable bonds is 0. The van der Waals surface area contributed by atoms with E-state index in [1.807, 2.05) is 0 Å². The van der Waals surface area contributed by atoms with Crippen LogP contribution in [0.2, 0.25) is 0 Å². The first kappa shape index (κ1) is 9.77. The van der Waals surface area contributed by atoms with Crippen LogP contribution in [0.5, 0.6) is 5.75 Å². The second-order valence-electron chi connectivity index (χ2n) is 5.35. The van der Waals surface area contributed by atoms with Gasteiger partial charge < -0.3 is 15.0 Å². The highest BCUT2D eigenvalue weighted by Gasteiger charge is 2.30. The smallest absolute Gasteiger partial charge is 0.143 e. The summed E-state index contributed by atoms with van der Waals surface area (Å²) in [6.45, 7) is 4.09. The molecule has 0 spiro atoms. The molecule has 0 saturated carbocycles. The van der Waals surface area contributed by atoms with Crippen LogP contribution in [-0.4, -0.2) is 19.2 Å². The quantitative estimate of drug-likeness (QED) is 0.738. The minimum atomic E-state index is 0.615. The van der Waals surface area contributed by atoms with Gasteiger partial charge in [-0.25, -0.2) is 0 Å². The van der Waals surface area contributed by atoms with Gasteiger partial charge in [-0.2, -0.15) is 0 Å². The summed E-state index contributed by atoms with van der Waals surface area (Å²) >= 11 is 0. The lowest BCUT2D eigenvalue weighted by molar-refractivity contribution is 0.240. The fourth-order valence-corrected chi connectivity index (χ4v) is 3.33. The number of nitrogens with one attached hydrogen (secondary N) is 1. The van der Waals surface area contributed by atoms with Crippen molar-refractivity contribution in [3.05, 3.63) is 23.3 Å². The molecule has 3 heteroatoms. The van der Waals surface area contributed by atoms with E-state index in [2.05, 4.69) is 22.3 Å². The number of anilines is 1. The molecule has 1 saturated heterocycles. The molecule has 3 nitrogen and oxygen atoms in total. The van der Waals surface area contributed by atoms with Crippen molar-refractivity contribution >= 4 is 5.69 Å². The van der Waals surface area contributed by atoms with Gasteiger partial charge in [0, 0.05) is 19.6 Å². The van der Waals surface area contributed by atoms with Gasteiger partial charge in [-0.3, -0.25) is 0 Å². The van der Waals surface area contributed by atoms with Crippen molar-refractivity contribution < 1.29 is 4.74 Å². The summed E-state index contributed by atoms with van der Waals surface area (Å²) in [4.78, 5) is 2.57. The SMILES string of the molecule is c1c2c(cc3c1OCC1CCCCN31)CNC2. The van der Waals surface area contributed by atoms with Crippen molar-refractivity contribution in [2.24, 2.45) is 0 Å². The second-order valence-corrected chi connectivity index (χ2v) is 5.35. The fourth-order valence-electron chi connectivity index (χ4n) is 3.33. The van der Waals surface area contributed by atoms with Crippen molar-refractivity contribution in [1.82, 2.24) is 5.32 Å². The van der Waals surface area contributed by atoms with Crippen LogP contribution in [0.4, 0.5) is 5.69 Å². The molecule has 4 rings (SSSR count). The second kappa shape index (κ2) is 3.64. The highest BCUT2D eigenvalue weighted by Crippen LogP contribution is 2.40. The van der Waals surface area contributed by atoms with Gasteiger partial charge >= 0.3 is 0 Å². The number of nitrogens with zero attached hydrogens (tertiary/aromatic N) is 1. The van der Waals surface area contributed by atoms with Gasteiger partial charge in [-0.05, 0) is 42.5 Å². The molecule has 3 aliphatic rings. The predicted molar refractivity (Wildman–Crippen MR) is 67.5 cm³/mol. The first-order valence-corrected chi connectivity index (χ1v) is 6.68. The lowest BCUT2D eigenvalue weighted by Crippen LogP contribution is -2.46. The van der Waals surface area contributed by atoms with E-state index in [1.165, 1.54) is 42.6 Å². The van der Waals surface area contributed by atoms with Crippen LogP contribution in [0.25, 0.3) is 0 Å². The molecule has 0 aromatic heterocycles. The zero-order valence-corrected chi connectivity index (χ0v) is 10.0. The molecule has 0 bridgehead atoms. The van der Waals surface area contributed by atoms with E-state index in [1.54, 1.807) is 0 Å². The van der Waals surface area contributed by atoms with Gasteiger partial charge in [0.1, 0.15) is 12.4 Å². The van der Waals surface area contributed by atoms with Crippen molar-refractivity contribution in [3.63, 3.8) is 0 Å². The molecule has 1 atom stereocenters. The number of benzene rings is 1. The molecular weight excluding hydrogens is 212 g/mol. The molecule has 3 heterocycles. The molecule has 0 radical (unpaired) electrons. The molecule has 1 aromatic rings. The van der Waals surface area contributed by atoms with E-state index in [-0.39, 0.29) is 0 Å². The van der Waals surface area contributed by atoms with E-state index in [0.717, 1.165) is 25.4 Å². The zero-order valence-electron chi connectivity index (χ0n) is 10.0. The Bertz CT molecular complexity index is 458. The number of fused-ring (bicyclic) bond motifs is 4. The topological polar surface area (TPSA) is 24.5 Å². The van der Waals surface area contributed by atoms with Gasteiger partial charge in [-0.1, -0.05) is 0 Å². The van der Waals surface area contributed by atoms with Crippen LogP contribution in [0, 0.1) is 0 Å². The van der Waals surface area contributed by atoms with E-state index < -0.39 is 0 Å². The van der Waals surface area contributed by atoms with E-state index in [4.69, 9.17) is 4.74 Å². The molecule has 1 N–H and O–H groups in total. The Kier molecular flexibility index (Phi) is 2.09. The van der Waals surface area contributed by atoms with Crippen LogP contribution in [0.15, 0.2) is 12.1 Å². The van der Waals surface area contributed by atoms with Gasteiger partial charge in [0.05, 0.1) is 11.7 Å². The van der Waals surface area contributed by atoms with Crippen molar-refractivity contribution in [2.75, 3.05) is 18.1 Å². The maximum atomic E-state index is 5.95. The fraction of sp³-hybridized carbons (Fsp3) is 0.571. The minimum absolute atomic E-state index is 0.615. The minimum Gasteiger partial charge on any atom is -0.489 e. The van der Waals surface area contributed by atoms with Gasteiger partial charge in [0.25, 0.3) is 0 Å². The molecule has 1 fully saturated rings. The van der Waals surface area contributed by atoms with Crippen LogP contribution in [0.1, 0.15) is 30.4 Å². The molecule has 1 unspecified atom stereocenters. The highest BCUT2D eigenvalue weighted by molar-refractivity contribution is 5.64. The Morgan fingerprint density at radius 1 is 1.18 bits per heavy atom. The van der Waals surface area contributed by atoms with E-state index >= 15 is 0 Å². The van der Waals surface area contributed by atoms with Gasteiger partial charge in [-0.15, -0.1) is 0 Å². The third-order valence-corrected chi connectivity index (χ3v) is 4.28. The number of ether oxygens (including phenoxy) is 1. The monoisotopic (exact) mass is 230 g/mol. The molecule has 17 heavy (non-hydrogen) atoms. The van der Waals surface area contributed by atoms with Crippen LogP contribution >= 0.6 is 0 Å². The normalized spacial score (nSPS) is 25.9. The number of hydrogen-bond acceptors (Lipinski definition) is 3. The largest absolute Gasteiger partial charge is 0.489 e. The summed E-state index contributed by atoms with van der Waals surface area (Å²) in [5, 5.41) is 3.41.